The lowest BCUT2D eigenvalue weighted by Gasteiger charge is -2.21. The lowest BCUT2D eigenvalue weighted by molar-refractivity contribution is 0.0755. The summed E-state index contributed by atoms with van der Waals surface area (Å²) in [5.74, 6) is 0.0474. The third kappa shape index (κ3) is 3.70. The van der Waals surface area contributed by atoms with Crippen molar-refractivity contribution in [3.05, 3.63) is 35.4 Å². The van der Waals surface area contributed by atoms with E-state index in [1.165, 1.54) is 0 Å². The quantitative estimate of drug-likeness (QED) is 0.708. The average molecular weight is 233 g/mol. The van der Waals surface area contributed by atoms with Gasteiger partial charge in [-0.2, -0.15) is 0 Å². The number of nitrogens with zero attached hydrogens (tertiary/aromatic N) is 1. The molecule has 0 saturated carbocycles. The van der Waals surface area contributed by atoms with Gasteiger partial charge in [-0.3, -0.25) is 9.59 Å². The second-order valence-corrected chi connectivity index (χ2v) is 4.03. The molecule has 0 unspecified atom stereocenters. The van der Waals surface area contributed by atoms with Crippen LogP contribution in [0.3, 0.4) is 0 Å². The van der Waals surface area contributed by atoms with Gasteiger partial charge in [-0.1, -0.05) is 26.0 Å². The molecule has 0 fully saturated rings. The van der Waals surface area contributed by atoms with Gasteiger partial charge in [0.05, 0.1) is 0 Å². The summed E-state index contributed by atoms with van der Waals surface area (Å²) < 4.78 is 0. The first-order valence-electron chi connectivity index (χ1n) is 6.07. The Labute approximate surface area is 102 Å². The van der Waals surface area contributed by atoms with Gasteiger partial charge in [-0.25, -0.2) is 0 Å². The summed E-state index contributed by atoms with van der Waals surface area (Å²) >= 11 is 0. The van der Waals surface area contributed by atoms with Crippen LogP contribution in [0.2, 0.25) is 0 Å². The standard InChI is InChI=1S/C14H19NO2/c1-3-9-15(10-4-2)14(17)13-7-5-12(11-16)6-8-13/h5-8,11H,3-4,9-10H2,1-2H3. The highest BCUT2D eigenvalue weighted by Gasteiger charge is 2.13. The van der Waals surface area contributed by atoms with E-state index in [9.17, 15) is 9.59 Å². The zero-order chi connectivity index (χ0) is 12.7. The minimum Gasteiger partial charge on any atom is -0.339 e. The molecule has 0 aliphatic heterocycles. The van der Waals surface area contributed by atoms with E-state index in [2.05, 4.69) is 13.8 Å². The predicted molar refractivity (Wildman–Crippen MR) is 68.3 cm³/mol. The molecule has 0 aliphatic carbocycles. The highest BCUT2D eigenvalue weighted by molar-refractivity contribution is 5.94. The summed E-state index contributed by atoms with van der Waals surface area (Å²) in [6.45, 7) is 5.68. The largest absolute Gasteiger partial charge is 0.339 e. The number of rotatable bonds is 6. The van der Waals surface area contributed by atoms with Gasteiger partial charge in [-0.05, 0) is 25.0 Å². The topological polar surface area (TPSA) is 37.4 Å². The van der Waals surface area contributed by atoms with Crippen LogP contribution >= 0.6 is 0 Å². The van der Waals surface area contributed by atoms with E-state index in [1.807, 2.05) is 4.90 Å². The van der Waals surface area contributed by atoms with Gasteiger partial charge in [-0.15, -0.1) is 0 Å². The third-order valence-electron chi connectivity index (χ3n) is 2.57. The summed E-state index contributed by atoms with van der Waals surface area (Å²) in [6, 6.07) is 6.78. The number of carbonyl (C=O) groups excluding carboxylic acids is 2. The van der Waals surface area contributed by atoms with Crippen LogP contribution in [0.5, 0.6) is 0 Å². The van der Waals surface area contributed by atoms with Crippen molar-refractivity contribution in [3.63, 3.8) is 0 Å². The van der Waals surface area contributed by atoms with E-state index in [0.717, 1.165) is 32.2 Å². The van der Waals surface area contributed by atoms with Gasteiger partial charge in [0.2, 0.25) is 0 Å². The van der Waals surface area contributed by atoms with Crippen LogP contribution in [0.15, 0.2) is 24.3 Å². The minimum absolute atomic E-state index is 0.0474. The van der Waals surface area contributed by atoms with Crippen LogP contribution in [0.4, 0.5) is 0 Å². The Morgan fingerprint density at radius 2 is 1.65 bits per heavy atom. The Hall–Kier alpha value is -1.64. The Morgan fingerprint density at radius 3 is 2.06 bits per heavy atom. The highest BCUT2D eigenvalue weighted by atomic mass is 16.2. The summed E-state index contributed by atoms with van der Waals surface area (Å²) in [4.78, 5) is 24.6. The molecule has 1 rings (SSSR count). The van der Waals surface area contributed by atoms with Gasteiger partial charge in [0.15, 0.2) is 0 Å². The van der Waals surface area contributed by atoms with Crippen LogP contribution in [0.25, 0.3) is 0 Å². The van der Waals surface area contributed by atoms with Crippen molar-refractivity contribution in [3.8, 4) is 0 Å². The molecular weight excluding hydrogens is 214 g/mol. The molecule has 0 bridgehead atoms. The third-order valence-corrected chi connectivity index (χ3v) is 2.57. The first kappa shape index (κ1) is 13.4. The Bertz CT molecular complexity index is 364. The van der Waals surface area contributed by atoms with Crippen molar-refractivity contribution in [2.45, 2.75) is 26.7 Å². The summed E-state index contributed by atoms with van der Waals surface area (Å²) in [6.07, 6.45) is 2.69. The molecule has 0 heterocycles. The van der Waals surface area contributed by atoms with Gasteiger partial charge in [0.1, 0.15) is 6.29 Å². The SMILES string of the molecule is CCCN(CCC)C(=O)c1ccc(C=O)cc1. The molecule has 3 heteroatoms. The van der Waals surface area contributed by atoms with Crippen molar-refractivity contribution in [1.82, 2.24) is 4.90 Å². The smallest absolute Gasteiger partial charge is 0.253 e. The fourth-order valence-corrected chi connectivity index (χ4v) is 1.74. The average Bonchev–Trinajstić information content (AvgIpc) is 2.38. The van der Waals surface area contributed by atoms with Gasteiger partial charge < -0.3 is 4.90 Å². The Balaban J connectivity index is 2.80. The number of hydrogen-bond donors (Lipinski definition) is 0. The lowest BCUT2D eigenvalue weighted by atomic mass is 10.1. The first-order valence-corrected chi connectivity index (χ1v) is 6.07. The van der Waals surface area contributed by atoms with Gasteiger partial charge in [0.25, 0.3) is 5.91 Å². The molecule has 0 saturated heterocycles. The van der Waals surface area contributed by atoms with Crippen molar-refractivity contribution in [2.75, 3.05) is 13.1 Å². The van der Waals surface area contributed by atoms with Crippen molar-refractivity contribution >= 4 is 12.2 Å². The molecule has 92 valence electrons. The number of carbonyl (C=O) groups is 2. The molecule has 0 N–H and O–H groups in total. The molecule has 17 heavy (non-hydrogen) atoms. The van der Waals surface area contributed by atoms with Crippen LogP contribution in [0.1, 0.15) is 47.4 Å². The fourth-order valence-electron chi connectivity index (χ4n) is 1.74. The van der Waals surface area contributed by atoms with Crippen LogP contribution in [-0.2, 0) is 0 Å². The maximum atomic E-state index is 12.2. The number of aldehydes is 1. The number of benzene rings is 1. The minimum atomic E-state index is 0.0474. The van der Waals surface area contributed by atoms with Gasteiger partial charge >= 0.3 is 0 Å². The zero-order valence-corrected chi connectivity index (χ0v) is 10.5. The van der Waals surface area contributed by atoms with Crippen LogP contribution in [0, 0.1) is 0 Å². The highest BCUT2D eigenvalue weighted by Crippen LogP contribution is 2.08. The van der Waals surface area contributed by atoms with Crippen LogP contribution < -0.4 is 0 Å². The lowest BCUT2D eigenvalue weighted by Crippen LogP contribution is -2.32. The zero-order valence-electron chi connectivity index (χ0n) is 10.5. The maximum Gasteiger partial charge on any atom is 0.253 e. The molecule has 1 aromatic rings. The summed E-state index contributed by atoms with van der Waals surface area (Å²) in [7, 11) is 0. The normalized spacial score (nSPS) is 10.0. The molecule has 3 nitrogen and oxygen atoms in total. The molecule has 0 radical (unpaired) electrons. The van der Waals surface area contributed by atoms with E-state index in [0.29, 0.717) is 11.1 Å². The van der Waals surface area contributed by atoms with Crippen LogP contribution in [-0.4, -0.2) is 30.2 Å². The van der Waals surface area contributed by atoms with E-state index < -0.39 is 0 Å². The first-order chi connectivity index (χ1) is 8.22. The number of hydrogen-bond acceptors (Lipinski definition) is 2. The Morgan fingerprint density at radius 1 is 1.12 bits per heavy atom. The maximum absolute atomic E-state index is 12.2. The monoisotopic (exact) mass is 233 g/mol. The van der Waals surface area contributed by atoms with E-state index >= 15 is 0 Å². The van der Waals surface area contributed by atoms with Gasteiger partial charge in [0, 0.05) is 24.2 Å². The summed E-state index contributed by atoms with van der Waals surface area (Å²) in [5, 5.41) is 0. The second-order valence-electron chi connectivity index (χ2n) is 4.03. The summed E-state index contributed by atoms with van der Waals surface area (Å²) in [5.41, 5.74) is 1.25. The predicted octanol–water partition coefficient (Wildman–Crippen LogP) is 2.76. The van der Waals surface area contributed by atoms with Crippen molar-refractivity contribution < 1.29 is 9.59 Å². The second kappa shape index (κ2) is 6.84. The number of amides is 1. The van der Waals surface area contributed by atoms with E-state index in [-0.39, 0.29) is 5.91 Å². The van der Waals surface area contributed by atoms with Crippen molar-refractivity contribution in [2.24, 2.45) is 0 Å². The molecule has 1 aromatic carbocycles. The molecule has 0 atom stereocenters. The fraction of sp³-hybridized carbons (Fsp3) is 0.429. The van der Waals surface area contributed by atoms with Crippen molar-refractivity contribution in [1.29, 1.82) is 0 Å². The molecule has 0 aliphatic rings. The molecule has 1 amide bonds. The Kier molecular flexibility index (Phi) is 5.40. The molecular formula is C14H19NO2. The van der Waals surface area contributed by atoms with E-state index in [1.54, 1.807) is 24.3 Å². The molecule has 0 aromatic heterocycles. The molecule has 0 spiro atoms. The van der Waals surface area contributed by atoms with E-state index in [4.69, 9.17) is 0 Å².